The summed E-state index contributed by atoms with van der Waals surface area (Å²) in [5.74, 6) is -1.12. The van der Waals surface area contributed by atoms with E-state index in [0.29, 0.717) is 10.7 Å². The minimum Gasteiger partial charge on any atom is -0.455 e. The second kappa shape index (κ2) is 10.3. The van der Waals surface area contributed by atoms with Crippen molar-refractivity contribution < 1.29 is 27.8 Å². The number of rotatable bonds is 8. The molecule has 3 aromatic carbocycles. The Balaban J connectivity index is 1.47. The van der Waals surface area contributed by atoms with E-state index in [2.05, 4.69) is 10.1 Å². The average Bonchev–Trinajstić information content (AvgIpc) is 2.72. The van der Waals surface area contributed by atoms with E-state index in [4.69, 9.17) is 16.3 Å². The number of hydrogen-bond acceptors (Lipinski definition) is 5. The van der Waals surface area contributed by atoms with Gasteiger partial charge in [-0.3, -0.25) is 9.59 Å². The smallest absolute Gasteiger partial charge is 0.387 e. The predicted molar refractivity (Wildman–Crippen MR) is 112 cm³/mol. The van der Waals surface area contributed by atoms with E-state index in [1.807, 2.05) is 30.3 Å². The van der Waals surface area contributed by atoms with Crippen molar-refractivity contribution >= 4 is 51.7 Å². The van der Waals surface area contributed by atoms with Gasteiger partial charge in [0, 0.05) is 21.0 Å². The SMILES string of the molecule is O=C(COC(=O)CSc1cccc2cccc(Cl)c12)Nc1ccc(OC(F)F)cc1. The quantitative estimate of drug-likeness (QED) is 0.368. The summed E-state index contributed by atoms with van der Waals surface area (Å²) < 4.78 is 33.5. The van der Waals surface area contributed by atoms with Crippen molar-refractivity contribution in [1.82, 2.24) is 0 Å². The highest BCUT2D eigenvalue weighted by Crippen LogP contribution is 2.33. The van der Waals surface area contributed by atoms with E-state index in [1.54, 1.807) is 6.07 Å². The van der Waals surface area contributed by atoms with Gasteiger partial charge in [0.05, 0.1) is 5.75 Å². The van der Waals surface area contributed by atoms with Crippen molar-refractivity contribution in [3.63, 3.8) is 0 Å². The van der Waals surface area contributed by atoms with Gasteiger partial charge in [0.25, 0.3) is 5.91 Å². The molecule has 3 rings (SSSR count). The molecule has 0 aliphatic heterocycles. The van der Waals surface area contributed by atoms with Crippen molar-refractivity contribution in [2.45, 2.75) is 11.5 Å². The standard InChI is InChI=1S/C21H16ClF2NO4S/c22-16-5-1-3-13-4-2-6-17(20(13)16)30-12-19(27)28-11-18(26)25-14-7-9-15(10-8-14)29-21(23)24/h1-10,21H,11-12H2,(H,25,26). The number of amides is 1. The summed E-state index contributed by atoms with van der Waals surface area (Å²) in [5.41, 5.74) is 0.359. The lowest BCUT2D eigenvalue weighted by atomic mass is 10.1. The molecule has 0 heterocycles. The van der Waals surface area contributed by atoms with Gasteiger partial charge >= 0.3 is 12.6 Å². The highest BCUT2D eigenvalue weighted by molar-refractivity contribution is 8.00. The van der Waals surface area contributed by atoms with Crippen LogP contribution in [-0.2, 0) is 14.3 Å². The van der Waals surface area contributed by atoms with Gasteiger partial charge in [0.15, 0.2) is 6.61 Å². The summed E-state index contributed by atoms with van der Waals surface area (Å²) in [5, 5.41) is 4.91. The molecule has 0 atom stereocenters. The van der Waals surface area contributed by atoms with Crippen molar-refractivity contribution in [2.75, 3.05) is 17.7 Å². The lowest BCUT2D eigenvalue weighted by Crippen LogP contribution is -2.21. The Kier molecular flexibility index (Phi) is 7.48. The van der Waals surface area contributed by atoms with E-state index >= 15 is 0 Å². The molecule has 0 radical (unpaired) electrons. The fourth-order valence-corrected chi connectivity index (χ4v) is 3.87. The van der Waals surface area contributed by atoms with Crippen molar-refractivity contribution in [3.8, 4) is 5.75 Å². The molecule has 0 saturated carbocycles. The highest BCUT2D eigenvalue weighted by atomic mass is 35.5. The van der Waals surface area contributed by atoms with E-state index in [-0.39, 0.29) is 11.5 Å². The summed E-state index contributed by atoms with van der Waals surface area (Å²) in [6.07, 6.45) is 0. The summed E-state index contributed by atoms with van der Waals surface area (Å²) in [7, 11) is 0. The van der Waals surface area contributed by atoms with Crippen LogP contribution in [0.4, 0.5) is 14.5 Å². The molecule has 0 saturated heterocycles. The Morgan fingerprint density at radius 3 is 2.43 bits per heavy atom. The molecule has 0 aromatic heterocycles. The minimum atomic E-state index is -2.92. The average molecular weight is 452 g/mol. The number of esters is 1. The first-order valence-electron chi connectivity index (χ1n) is 8.73. The molecule has 30 heavy (non-hydrogen) atoms. The Morgan fingerprint density at radius 2 is 1.73 bits per heavy atom. The largest absolute Gasteiger partial charge is 0.455 e. The molecule has 3 aromatic rings. The van der Waals surface area contributed by atoms with E-state index < -0.39 is 25.1 Å². The molecule has 0 spiro atoms. The number of halogens is 3. The Bertz CT molecular complexity index is 1040. The molecule has 1 amide bonds. The molecule has 5 nitrogen and oxygen atoms in total. The Morgan fingerprint density at radius 1 is 1.03 bits per heavy atom. The molecule has 0 aliphatic rings. The maximum atomic E-state index is 12.1. The van der Waals surface area contributed by atoms with Crippen LogP contribution < -0.4 is 10.1 Å². The van der Waals surface area contributed by atoms with E-state index in [9.17, 15) is 18.4 Å². The number of hydrogen-bond donors (Lipinski definition) is 1. The van der Waals surface area contributed by atoms with Crippen LogP contribution in [0.2, 0.25) is 5.02 Å². The lowest BCUT2D eigenvalue weighted by Gasteiger charge is -2.09. The first kappa shape index (κ1) is 21.9. The van der Waals surface area contributed by atoms with E-state index in [0.717, 1.165) is 15.7 Å². The lowest BCUT2D eigenvalue weighted by molar-refractivity contribution is -0.144. The molecule has 1 N–H and O–H groups in total. The molecule has 0 fully saturated rings. The Hall–Kier alpha value is -2.84. The first-order chi connectivity index (χ1) is 14.4. The molecule has 9 heteroatoms. The summed E-state index contributed by atoms with van der Waals surface area (Å²) in [6, 6.07) is 16.6. The number of carbonyl (C=O) groups is 2. The van der Waals surface area contributed by atoms with Crippen LogP contribution in [0.5, 0.6) is 5.75 Å². The molecule has 0 unspecified atom stereocenters. The Labute approximate surface area is 180 Å². The number of fused-ring (bicyclic) bond motifs is 1. The zero-order chi connectivity index (χ0) is 21.5. The van der Waals surface area contributed by atoms with Gasteiger partial charge in [-0.15, -0.1) is 11.8 Å². The van der Waals surface area contributed by atoms with Crippen LogP contribution in [-0.4, -0.2) is 30.8 Å². The summed E-state index contributed by atoms with van der Waals surface area (Å²) in [6.45, 7) is -3.39. The van der Waals surface area contributed by atoms with Crippen LogP contribution in [0.15, 0.2) is 65.6 Å². The molecule has 0 aliphatic carbocycles. The number of thioether (sulfide) groups is 1. The van der Waals surface area contributed by atoms with Crippen molar-refractivity contribution in [1.29, 1.82) is 0 Å². The zero-order valence-electron chi connectivity index (χ0n) is 15.4. The van der Waals surface area contributed by atoms with Gasteiger partial charge in [0.1, 0.15) is 5.75 Å². The van der Waals surface area contributed by atoms with Crippen LogP contribution >= 0.6 is 23.4 Å². The summed E-state index contributed by atoms with van der Waals surface area (Å²) in [4.78, 5) is 24.7. The molecule has 0 bridgehead atoms. The molecular formula is C21H16ClF2NO4S. The highest BCUT2D eigenvalue weighted by Gasteiger charge is 2.12. The van der Waals surface area contributed by atoms with E-state index in [1.165, 1.54) is 36.0 Å². The zero-order valence-corrected chi connectivity index (χ0v) is 17.0. The van der Waals surface area contributed by atoms with Crippen molar-refractivity contribution in [2.24, 2.45) is 0 Å². The fourth-order valence-electron chi connectivity index (χ4n) is 2.62. The van der Waals surface area contributed by atoms with Crippen LogP contribution in [0, 0.1) is 0 Å². The third kappa shape index (κ3) is 6.08. The van der Waals surface area contributed by atoms with Gasteiger partial charge in [-0.1, -0.05) is 35.9 Å². The maximum absolute atomic E-state index is 12.1. The maximum Gasteiger partial charge on any atom is 0.387 e. The minimum absolute atomic E-state index is 0.0112. The number of anilines is 1. The van der Waals surface area contributed by atoms with Gasteiger partial charge in [-0.05, 0) is 41.8 Å². The first-order valence-corrected chi connectivity index (χ1v) is 10.1. The summed E-state index contributed by atoms with van der Waals surface area (Å²) >= 11 is 7.53. The second-order valence-corrected chi connectivity index (χ2v) is 7.42. The van der Waals surface area contributed by atoms with Crippen LogP contribution in [0.3, 0.4) is 0 Å². The number of ether oxygens (including phenoxy) is 2. The third-order valence-electron chi connectivity index (χ3n) is 3.89. The van der Waals surface area contributed by atoms with Gasteiger partial charge in [-0.2, -0.15) is 8.78 Å². The monoisotopic (exact) mass is 451 g/mol. The molecule has 156 valence electrons. The van der Waals surface area contributed by atoms with Crippen molar-refractivity contribution in [3.05, 3.63) is 65.7 Å². The van der Waals surface area contributed by atoms with Gasteiger partial charge in [-0.25, -0.2) is 0 Å². The van der Waals surface area contributed by atoms with Crippen LogP contribution in [0.1, 0.15) is 0 Å². The number of alkyl halides is 2. The predicted octanol–water partition coefficient (Wildman–Crippen LogP) is 5.37. The number of nitrogens with one attached hydrogen (secondary N) is 1. The third-order valence-corrected chi connectivity index (χ3v) is 5.23. The normalized spacial score (nSPS) is 10.8. The fraction of sp³-hybridized carbons (Fsp3) is 0.143. The molecular weight excluding hydrogens is 436 g/mol. The van der Waals surface area contributed by atoms with Gasteiger partial charge in [0.2, 0.25) is 0 Å². The number of benzene rings is 3. The van der Waals surface area contributed by atoms with Crippen LogP contribution in [0.25, 0.3) is 10.8 Å². The number of carbonyl (C=O) groups excluding carboxylic acids is 2. The topological polar surface area (TPSA) is 64.6 Å². The second-order valence-electron chi connectivity index (χ2n) is 5.99. The van der Waals surface area contributed by atoms with Gasteiger partial charge < -0.3 is 14.8 Å².